The van der Waals surface area contributed by atoms with Gasteiger partial charge in [0, 0.05) is 5.57 Å². The van der Waals surface area contributed by atoms with E-state index >= 15 is 0 Å². The van der Waals surface area contributed by atoms with Crippen LogP contribution in [0.3, 0.4) is 0 Å². The van der Waals surface area contributed by atoms with Gasteiger partial charge in [0.1, 0.15) is 5.75 Å². The molecule has 2 rings (SSSR count). The summed E-state index contributed by atoms with van der Waals surface area (Å²) in [7, 11) is 0. The average Bonchev–Trinajstić information content (AvgIpc) is 2.47. The van der Waals surface area contributed by atoms with E-state index in [-0.39, 0.29) is 16.9 Å². The van der Waals surface area contributed by atoms with E-state index < -0.39 is 11.9 Å². The number of hydrogen-bond donors (Lipinski definition) is 1. The predicted molar refractivity (Wildman–Crippen MR) is 79.3 cm³/mol. The Labute approximate surface area is 122 Å². The number of carbonyl (C=O) groups is 2. The Bertz CT molecular complexity index is 702. The lowest BCUT2D eigenvalue weighted by Gasteiger charge is -2.10. The summed E-state index contributed by atoms with van der Waals surface area (Å²) in [6.07, 6.45) is 0. The fourth-order valence-corrected chi connectivity index (χ4v) is 1.82. The molecule has 4 nitrogen and oxygen atoms in total. The van der Waals surface area contributed by atoms with Crippen LogP contribution in [0.4, 0.5) is 0 Å². The number of aromatic carboxylic acids is 1. The molecule has 0 unspecified atom stereocenters. The van der Waals surface area contributed by atoms with Gasteiger partial charge in [-0.3, -0.25) is 0 Å². The number of carbonyl (C=O) groups excluding carboxylic acids is 1. The largest absolute Gasteiger partial charge is 0.478 e. The Morgan fingerprint density at radius 3 is 2.33 bits per heavy atom. The molecule has 0 spiro atoms. The molecule has 0 atom stereocenters. The molecule has 0 aliphatic rings. The zero-order chi connectivity index (χ0) is 15.4. The third-order valence-electron chi connectivity index (χ3n) is 2.87. The number of benzene rings is 2. The maximum Gasteiger partial charge on any atom is 0.338 e. The van der Waals surface area contributed by atoms with Crippen LogP contribution in [0.2, 0.25) is 0 Å². The van der Waals surface area contributed by atoms with Gasteiger partial charge in [-0.25, -0.2) is 9.59 Å². The minimum atomic E-state index is -1.04. The summed E-state index contributed by atoms with van der Waals surface area (Å²) in [6.45, 7) is 5.06. The van der Waals surface area contributed by atoms with Crippen molar-refractivity contribution in [3.05, 3.63) is 66.2 Å². The van der Waals surface area contributed by atoms with Crippen LogP contribution >= 0.6 is 0 Å². The normalized spacial score (nSPS) is 9.95. The van der Waals surface area contributed by atoms with Gasteiger partial charge in [-0.1, -0.05) is 36.9 Å². The Kier molecular flexibility index (Phi) is 4.18. The Balaban J connectivity index is 2.47. The van der Waals surface area contributed by atoms with Crippen LogP contribution in [0.25, 0.3) is 11.1 Å². The Morgan fingerprint density at radius 1 is 1.10 bits per heavy atom. The quantitative estimate of drug-likeness (QED) is 0.529. The fourth-order valence-electron chi connectivity index (χ4n) is 1.82. The van der Waals surface area contributed by atoms with Crippen LogP contribution < -0.4 is 4.74 Å². The maximum atomic E-state index is 11.5. The van der Waals surface area contributed by atoms with E-state index in [0.29, 0.717) is 5.56 Å². The molecule has 0 aliphatic carbocycles. The van der Waals surface area contributed by atoms with E-state index in [0.717, 1.165) is 5.56 Å². The van der Waals surface area contributed by atoms with Crippen molar-refractivity contribution in [3.8, 4) is 16.9 Å². The van der Waals surface area contributed by atoms with Crippen molar-refractivity contribution >= 4 is 11.9 Å². The molecular weight excluding hydrogens is 268 g/mol. The van der Waals surface area contributed by atoms with Crippen LogP contribution in [0.15, 0.2) is 60.7 Å². The van der Waals surface area contributed by atoms with Gasteiger partial charge in [-0.05, 0) is 36.2 Å². The fraction of sp³-hybridized carbons (Fsp3) is 0.0588. The van der Waals surface area contributed by atoms with Crippen LogP contribution in [0.1, 0.15) is 17.3 Å². The zero-order valence-corrected chi connectivity index (χ0v) is 11.5. The first-order valence-corrected chi connectivity index (χ1v) is 6.29. The van der Waals surface area contributed by atoms with Crippen molar-refractivity contribution in [1.82, 2.24) is 0 Å². The molecule has 0 bridgehead atoms. The highest BCUT2D eigenvalue weighted by atomic mass is 16.5. The maximum absolute atomic E-state index is 11.5. The van der Waals surface area contributed by atoms with Crippen LogP contribution in [-0.2, 0) is 4.79 Å². The number of carboxylic acids is 1. The van der Waals surface area contributed by atoms with Crippen molar-refractivity contribution in [1.29, 1.82) is 0 Å². The highest BCUT2D eigenvalue weighted by Gasteiger charge is 2.14. The van der Waals surface area contributed by atoms with Gasteiger partial charge < -0.3 is 9.84 Å². The minimum absolute atomic E-state index is 0.149. The Hall–Kier alpha value is -2.88. The number of rotatable bonds is 4. The molecule has 0 amide bonds. The highest BCUT2D eigenvalue weighted by Crippen LogP contribution is 2.28. The number of esters is 1. The molecular formula is C17H14O4. The standard InChI is InChI=1S/C17H14O4/c1-11(2)17(20)21-13-8-9-14(16(18)19)15(10-13)12-6-4-3-5-7-12/h3-10H,1H2,2H3,(H,18,19). The summed E-state index contributed by atoms with van der Waals surface area (Å²) in [5.74, 6) is -1.30. The molecule has 0 fully saturated rings. The molecule has 4 heteroatoms. The van der Waals surface area contributed by atoms with E-state index in [1.807, 2.05) is 18.2 Å². The summed E-state index contributed by atoms with van der Waals surface area (Å²) in [5, 5.41) is 9.27. The first-order chi connectivity index (χ1) is 9.99. The second kappa shape index (κ2) is 6.05. The first-order valence-electron chi connectivity index (χ1n) is 6.29. The molecule has 0 saturated carbocycles. The summed E-state index contributed by atoms with van der Waals surface area (Å²) in [6, 6.07) is 13.5. The van der Waals surface area contributed by atoms with Gasteiger partial charge in [-0.15, -0.1) is 0 Å². The second-order valence-electron chi connectivity index (χ2n) is 4.55. The van der Waals surface area contributed by atoms with Gasteiger partial charge >= 0.3 is 11.9 Å². The first kappa shape index (κ1) is 14.5. The van der Waals surface area contributed by atoms with Gasteiger partial charge in [0.25, 0.3) is 0 Å². The third-order valence-corrected chi connectivity index (χ3v) is 2.87. The Morgan fingerprint density at radius 2 is 1.76 bits per heavy atom. The lowest BCUT2D eigenvalue weighted by molar-refractivity contribution is -0.130. The van der Waals surface area contributed by atoms with E-state index in [1.54, 1.807) is 25.1 Å². The van der Waals surface area contributed by atoms with Crippen molar-refractivity contribution in [2.24, 2.45) is 0 Å². The average molecular weight is 282 g/mol. The molecule has 0 aliphatic heterocycles. The smallest absolute Gasteiger partial charge is 0.338 e. The lowest BCUT2D eigenvalue weighted by Crippen LogP contribution is -2.09. The van der Waals surface area contributed by atoms with Gasteiger partial charge in [-0.2, -0.15) is 0 Å². The number of ether oxygens (including phenoxy) is 1. The van der Waals surface area contributed by atoms with E-state index in [2.05, 4.69) is 6.58 Å². The number of hydrogen-bond acceptors (Lipinski definition) is 3. The topological polar surface area (TPSA) is 63.6 Å². The van der Waals surface area contributed by atoms with Crippen LogP contribution in [-0.4, -0.2) is 17.0 Å². The monoisotopic (exact) mass is 282 g/mol. The molecule has 0 heterocycles. The third kappa shape index (κ3) is 3.36. The number of carboxylic acid groups (broad SMARTS) is 1. The molecule has 0 aromatic heterocycles. The van der Waals surface area contributed by atoms with E-state index in [9.17, 15) is 14.7 Å². The van der Waals surface area contributed by atoms with Crippen molar-refractivity contribution in [3.63, 3.8) is 0 Å². The molecule has 0 saturated heterocycles. The summed E-state index contributed by atoms with van der Waals surface area (Å²) in [5.41, 5.74) is 1.66. The van der Waals surface area contributed by atoms with Crippen molar-refractivity contribution in [2.45, 2.75) is 6.92 Å². The molecule has 0 radical (unpaired) electrons. The van der Waals surface area contributed by atoms with Crippen LogP contribution in [0, 0.1) is 0 Å². The molecule has 106 valence electrons. The van der Waals surface area contributed by atoms with E-state index in [1.165, 1.54) is 12.1 Å². The van der Waals surface area contributed by atoms with Crippen LogP contribution in [0.5, 0.6) is 5.75 Å². The lowest BCUT2D eigenvalue weighted by atomic mass is 9.99. The molecule has 1 N–H and O–H groups in total. The minimum Gasteiger partial charge on any atom is -0.478 e. The predicted octanol–water partition coefficient (Wildman–Crippen LogP) is 3.53. The molecule has 2 aromatic rings. The van der Waals surface area contributed by atoms with Crippen molar-refractivity contribution < 1.29 is 19.4 Å². The second-order valence-corrected chi connectivity index (χ2v) is 4.55. The molecule has 21 heavy (non-hydrogen) atoms. The SMILES string of the molecule is C=C(C)C(=O)Oc1ccc(C(=O)O)c(-c2ccccc2)c1. The highest BCUT2D eigenvalue weighted by molar-refractivity contribution is 5.97. The summed E-state index contributed by atoms with van der Waals surface area (Å²) < 4.78 is 5.14. The van der Waals surface area contributed by atoms with Gasteiger partial charge in [0.2, 0.25) is 0 Å². The van der Waals surface area contributed by atoms with Gasteiger partial charge in [0.05, 0.1) is 5.56 Å². The van der Waals surface area contributed by atoms with Gasteiger partial charge in [0.15, 0.2) is 0 Å². The summed E-state index contributed by atoms with van der Waals surface area (Å²) >= 11 is 0. The molecule has 2 aromatic carbocycles. The van der Waals surface area contributed by atoms with Crippen molar-refractivity contribution in [2.75, 3.05) is 0 Å². The van der Waals surface area contributed by atoms with E-state index in [4.69, 9.17) is 4.74 Å². The zero-order valence-electron chi connectivity index (χ0n) is 11.5. The summed E-state index contributed by atoms with van der Waals surface area (Å²) in [4.78, 5) is 22.9.